The summed E-state index contributed by atoms with van der Waals surface area (Å²) in [6.07, 6.45) is 1.08. The molecule has 0 saturated carbocycles. The zero-order chi connectivity index (χ0) is 9.68. The molecule has 1 rings (SSSR count). The molecule has 0 fully saturated rings. The summed E-state index contributed by atoms with van der Waals surface area (Å²) in [5.41, 5.74) is 1.21. The molecule has 0 aromatic heterocycles. The smallest absolute Gasteiger partial charge is 0.237 e. The van der Waals surface area contributed by atoms with Gasteiger partial charge in [0.1, 0.15) is 5.75 Å². The summed E-state index contributed by atoms with van der Waals surface area (Å²) >= 11 is 0. The van der Waals surface area contributed by atoms with Crippen molar-refractivity contribution in [3.8, 4) is 5.75 Å². The molecule has 0 N–H and O–H groups in total. The van der Waals surface area contributed by atoms with Gasteiger partial charge in [0.2, 0.25) is 6.29 Å². The van der Waals surface area contributed by atoms with Crippen LogP contribution in [0, 0.1) is 6.92 Å². The van der Waals surface area contributed by atoms with Crippen LogP contribution in [0.25, 0.3) is 0 Å². The summed E-state index contributed by atoms with van der Waals surface area (Å²) < 4.78 is 10.4. The highest BCUT2D eigenvalue weighted by Gasteiger charge is 2.00. The van der Waals surface area contributed by atoms with Crippen LogP contribution < -0.4 is 4.74 Å². The highest BCUT2D eigenvalue weighted by atomic mass is 16.7. The van der Waals surface area contributed by atoms with Crippen molar-refractivity contribution in [2.24, 2.45) is 0 Å². The lowest BCUT2D eigenvalue weighted by Crippen LogP contribution is -2.12. The van der Waals surface area contributed by atoms with Gasteiger partial charge in [-0.25, -0.2) is 0 Å². The predicted molar refractivity (Wildman–Crippen MR) is 52.6 cm³/mol. The minimum atomic E-state index is -0.291. The summed E-state index contributed by atoms with van der Waals surface area (Å²) in [4.78, 5) is 0. The standard InChI is InChI=1S/C11H14O2/c1-4-12-10(3)13-11-7-5-9(2)6-8-11/h4-8,10H,1H2,2-3H3. The number of ether oxygens (including phenoxy) is 2. The Kier molecular flexibility index (Phi) is 3.38. The highest BCUT2D eigenvalue weighted by Crippen LogP contribution is 2.13. The molecule has 1 aromatic rings. The summed E-state index contributed by atoms with van der Waals surface area (Å²) in [5, 5.41) is 0. The Labute approximate surface area is 78.8 Å². The summed E-state index contributed by atoms with van der Waals surface area (Å²) in [6.45, 7) is 7.31. The third-order valence-corrected chi connectivity index (χ3v) is 1.61. The molecule has 1 aromatic carbocycles. The minimum Gasteiger partial charge on any atom is -0.463 e. The molecule has 0 aliphatic heterocycles. The van der Waals surface area contributed by atoms with Gasteiger partial charge in [0.05, 0.1) is 6.26 Å². The Morgan fingerprint density at radius 2 is 1.92 bits per heavy atom. The van der Waals surface area contributed by atoms with Gasteiger partial charge in [-0.15, -0.1) is 0 Å². The van der Waals surface area contributed by atoms with Gasteiger partial charge < -0.3 is 9.47 Å². The monoisotopic (exact) mass is 178 g/mol. The Morgan fingerprint density at radius 1 is 1.31 bits per heavy atom. The maximum absolute atomic E-state index is 5.42. The first-order valence-corrected chi connectivity index (χ1v) is 4.22. The first-order chi connectivity index (χ1) is 6.22. The second-order valence-corrected chi connectivity index (χ2v) is 2.80. The normalized spacial score (nSPS) is 11.8. The molecule has 0 saturated heterocycles. The molecule has 1 unspecified atom stereocenters. The molecular formula is C11H14O2. The van der Waals surface area contributed by atoms with Gasteiger partial charge in [-0.05, 0) is 19.1 Å². The predicted octanol–water partition coefficient (Wildman–Crippen LogP) is 2.88. The fourth-order valence-electron chi connectivity index (χ4n) is 0.972. The van der Waals surface area contributed by atoms with E-state index >= 15 is 0 Å². The van der Waals surface area contributed by atoms with Crippen LogP contribution in [-0.4, -0.2) is 6.29 Å². The first-order valence-electron chi connectivity index (χ1n) is 4.22. The van der Waals surface area contributed by atoms with Gasteiger partial charge >= 0.3 is 0 Å². The van der Waals surface area contributed by atoms with E-state index < -0.39 is 0 Å². The van der Waals surface area contributed by atoms with Crippen LogP contribution in [0.15, 0.2) is 37.1 Å². The zero-order valence-electron chi connectivity index (χ0n) is 7.99. The molecule has 0 amide bonds. The third-order valence-electron chi connectivity index (χ3n) is 1.61. The Bertz CT molecular complexity index is 264. The Balaban J connectivity index is 2.53. The quantitative estimate of drug-likeness (QED) is 0.521. The first kappa shape index (κ1) is 9.65. The fraction of sp³-hybridized carbons (Fsp3) is 0.273. The van der Waals surface area contributed by atoms with Crippen LogP contribution in [-0.2, 0) is 4.74 Å². The van der Waals surface area contributed by atoms with E-state index in [1.807, 2.05) is 38.1 Å². The lowest BCUT2D eigenvalue weighted by Gasteiger charge is -2.13. The highest BCUT2D eigenvalue weighted by molar-refractivity contribution is 5.26. The van der Waals surface area contributed by atoms with Crippen molar-refractivity contribution < 1.29 is 9.47 Å². The minimum absolute atomic E-state index is 0.291. The Hall–Kier alpha value is -1.44. The summed E-state index contributed by atoms with van der Waals surface area (Å²) in [5.74, 6) is 0.806. The van der Waals surface area contributed by atoms with E-state index in [1.54, 1.807) is 0 Å². The van der Waals surface area contributed by atoms with E-state index in [-0.39, 0.29) is 6.29 Å². The number of aryl methyl sites for hydroxylation is 1. The third kappa shape index (κ3) is 3.20. The van der Waals surface area contributed by atoms with Gasteiger partial charge in [0.15, 0.2) is 0 Å². The van der Waals surface area contributed by atoms with Crippen LogP contribution in [0.3, 0.4) is 0 Å². The second kappa shape index (κ2) is 4.55. The van der Waals surface area contributed by atoms with Crippen LogP contribution in [0.5, 0.6) is 5.75 Å². The van der Waals surface area contributed by atoms with Crippen molar-refractivity contribution >= 4 is 0 Å². The van der Waals surface area contributed by atoms with Crippen molar-refractivity contribution in [1.29, 1.82) is 0 Å². The van der Waals surface area contributed by atoms with Crippen molar-refractivity contribution in [2.75, 3.05) is 0 Å². The average Bonchev–Trinajstić information content (AvgIpc) is 2.09. The van der Waals surface area contributed by atoms with Gasteiger partial charge in [-0.1, -0.05) is 24.3 Å². The average molecular weight is 178 g/mol. The van der Waals surface area contributed by atoms with Gasteiger partial charge in [-0.3, -0.25) is 0 Å². The van der Waals surface area contributed by atoms with Crippen molar-refractivity contribution in [2.45, 2.75) is 20.1 Å². The number of rotatable bonds is 4. The van der Waals surface area contributed by atoms with Crippen LogP contribution in [0.1, 0.15) is 12.5 Å². The number of hydrogen-bond acceptors (Lipinski definition) is 2. The van der Waals surface area contributed by atoms with Crippen molar-refractivity contribution in [1.82, 2.24) is 0 Å². The molecular weight excluding hydrogens is 164 g/mol. The maximum Gasteiger partial charge on any atom is 0.237 e. The molecule has 0 radical (unpaired) electrons. The number of hydrogen-bond donors (Lipinski definition) is 0. The molecule has 1 atom stereocenters. The van der Waals surface area contributed by atoms with Crippen LogP contribution in [0.2, 0.25) is 0 Å². The SMILES string of the molecule is C=COC(C)Oc1ccc(C)cc1. The van der Waals surface area contributed by atoms with Gasteiger partial charge in [-0.2, -0.15) is 0 Å². The maximum atomic E-state index is 5.42. The second-order valence-electron chi connectivity index (χ2n) is 2.80. The molecule has 70 valence electrons. The summed E-state index contributed by atoms with van der Waals surface area (Å²) in [6, 6.07) is 7.82. The molecule has 2 nitrogen and oxygen atoms in total. The van der Waals surface area contributed by atoms with Crippen LogP contribution >= 0.6 is 0 Å². The molecule has 13 heavy (non-hydrogen) atoms. The van der Waals surface area contributed by atoms with Crippen molar-refractivity contribution in [3.63, 3.8) is 0 Å². The number of benzene rings is 1. The zero-order valence-corrected chi connectivity index (χ0v) is 7.99. The van der Waals surface area contributed by atoms with Gasteiger partial charge in [0.25, 0.3) is 0 Å². The van der Waals surface area contributed by atoms with Crippen LogP contribution in [0.4, 0.5) is 0 Å². The van der Waals surface area contributed by atoms with E-state index in [4.69, 9.17) is 9.47 Å². The Morgan fingerprint density at radius 3 is 2.46 bits per heavy atom. The van der Waals surface area contributed by atoms with E-state index in [0.29, 0.717) is 0 Å². The largest absolute Gasteiger partial charge is 0.463 e. The van der Waals surface area contributed by atoms with E-state index in [1.165, 1.54) is 11.8 Å². The van der Waals surface area contributed by atoms with E-state index in [9.17, 15) is 0 Å². The molecule has 2 heteroatoms. The molecule has 0 aliphatic carbocycles. The fourth-order valence-corrected chi connectivity index (χ4v) is 0.972. The topological polar surface area (TPSA) is 18.5 Å². The van der Waals surface area contributed by atoms with Gasteiger partial charge in [0, 0.05) is 6.92 Å². The van der Waals surface area contributed by atoms with E-state index in [2.05, 4.69) is 6.58 Å². The lowest BCUT2D eigenvalue weighted by molar-refractivity contribution is -0.0131. The lowest BCUT2D eigenvalue weighted by atomic mass is 10.2. The molecule has 0 heterocycles. The molecule has 0 spiro atoms. The molecule has 0 bridgehead atoms. The van der Waals surface area contributed by atoms with E-state index in [0.717, 1.165) is 5.75 Å². The summed E-state index contributed by atoms with van der Waals surface area (Å²) in [7, 11) is 0. The molecule has 0 aliphatic rings. The van der Waals surface area contributed by atoms with Crippen molar-refractivity contribution in [3.05, 3.63) is 42.7 Å².